The van der Waals surface area contributed by atoms with E-state index in [1.807, 2.05) is 78.9 Å². The van der Waals surface area contributed by atoms with E-state index in [9.17, 15) is 14.1 Å². The van der Waals surface area contributed by atoms with E-state index in [0.29, 0.717) is 35.6 Å². The van der Waals surface area contributed by atoms with Crippen LogP contribution in [0.5, 0.6) is 0 Å². The predicted molar refractivity (Wildman–Crippen MR) is 169 cm³/mol. The minimum absolute atomic E-state index is 0.0360. The van der Waals surface area contributed by atoms with Gasteiger partial charge in [-0.15, -0.1) is 21.5 Å². The van der Waals surface area contributed by atoms with Crippen molar-refractivity contribution >= 4 is 71.7 Å². The Morgan fingerprint density at radius 2 is 1.81 bits per heavy atom. The van der Waals surface area contributed by atoms with Crippen molar-refractivity contribution in [2.45, 2.75) is 31.4 Å². The number of benzene rings is 2. The quantitative estimate of drug-likeness (QED) is 0.201. The molecule has 5 aromatic rings. The zero-order valence-electron chi connectivity index (χ0n) is 23.1. The number of carbonyl (C=O) groups is 1. The van der Waals surface area contributed by atoms with Crippen LogP contribution in [0.25, 0.3) is 10.2 Å². The van der Waals surface area contributed by atoms with Gasteiger partial charge < -0.3 is 15.3 Å². The fourth-order valence-electron chi connectivity index (χ4n) is 4.91. The third-order valence-corrected chi connectivity index (χ3v) is 11.0. The van der Waals surface area contributed by atoms with Crippen LogP contribution in [0.4, 0.5) is 21.9 Å². The second-order valence-electron chi connectivity index (χ2n) is 10.1. The van der Waals surface area contributed by atoms with Gasteiger partial charge in [-0.2, -0.15) is 0 Å². The average molecular weight is 620 g/mol. The predicted octanol–water partition coefficient (Wildman–Crippen LogP) is 6.10. The van der Waals surface area contributed by atoms with Gasteiger partial charge in [-0.25, -0.2) is 23.3 Å². The maximum atomic E-state index is 12.9. The van der Waals surface area contributed by atoms with Crippen LogP contribution in [0.3, 0.4) is 0 Å². The van der Waals surface area contributed by atoms with Crippen LogP contribution in [0.2, 0.25) is 0 Å². The summed E-state index contributed by atoms with van der Waals surface area (Å²) in [4.78, 5) is 23.8. The van der Waals surface area contributed by atoms with Gasteiger partial charge in [0.25, 0.3) is 0 Å². The van der Waals surface area contributed by atoms with Crippen LogP contribution in [-0.2, 0) is 16.7 Å². The highest BCUT2D eigenvalue weighted by Crippen LogP contribution is 2.39. The standard InChI is InChI=1S/C29H29N7O3S3/c1-18-16-23(33-34-26(18)32-28-30-21-10-6-7-11-22(21)40-28)35(2)29-31-24(27(37)38)25(41-29)20-12-14-36(15-13-20)42(39)17-19-8-4-3-5-9-19/h3-11,16,20H,12-15,17H2,1-2H3,(H,37,38)(H,30,32,34). The van der Waals surface area contributed by atoms with Crippen LogP contribution >= 0.6 is 22.7 Å². The lowest BCUT2D eigenvalue weighted by atomic mass is 9.95. The molecule has 10 nitrogen and oxygen atoms in total. The van der Waals surface area contributed by atoms with E-state index in [0.717, 1.165) is 44.2 Å². The summed E-state index contributed by atoms with van der Waals surface area (Å²) in [6, 6.07) is 19.7. The Morgan fingerprint density at radius 3 is 2.52 bits per heavy atom. The highest BCUT2D eigenvalue weighted by atomic mass is 32.2. The first-order valence-corrected chi connectivity index (χ1v) is 16.4. The molecule has 1 saturated heterocycles. The Morgan fingerprint density at radius 1 is 1.07 bits per heavy atom. The molecule has 2 N–H and O–H groups in total. The zero-order valence-corrected chi connectivity index (χ0v) is 25.5. The molecule has 6 rings (SSSR count). The van der Waals surface area contributed by atoms with Crippen LogP contribution in [-0.4, -0.2) is 59.9 Å². The van der Waals surface area contributed by atoms with Gasteiger partial charge in [-0.05, 0) is 55.0 Å². The van der Waals surface area contributed by atoms with Gasteiger partial charge in [0.15, 0.2) is 27.6 Å². The highest BCUT2D eigenvalue weighted by Gasteiger charge is 2.31. The normalized spacial score (nSPS) is 15.1. The molecule has 4 heterocycles. The molecular formula is C29H29N7O3S3. The smallest absolute Gasteiger partial charge is 0.355 e. The van der Waals surface area contributed by atoms with Gasteiger partial charge >= 0.3 is 5.97 Å². The number of hydrogen-bond acceptors (Lipinski definition) is 10. The summed E-state index contributed by atoms with van der Waals surface area (Å²) in [6.07, 6.45) is 1.44. The zero-order chi connectivity index (χ0) is 29.2. The minimum atomic E-state index is -1.12. The third kappa shape index (κ3) is 6.04. The summed E-state index contributed by atoms with van der Waals surface area (Å²) in [5, 5.41) is 23.3. The van der Waals surface area contributed by atoms with Crippen molar-refractivity contribution in [3.63, 3.8) is 0 Å². The lowest BCUT2D eigenvalue weighted by molar-refractivity contribution is 0.0689. The van der Waals surface area contributed by atoms with Gasteiger partial charge in [0.2, 0.25) is 0 Å². The first-order valence-electron chi connectivity index (χ1n) is 13.5. The number of piperidine rings is 1. The minimum Gasteiger partial charge on any atom is -0.476 e. The molecule has 0 radical (unpaired) electrons. The third-order valence-electron chi connectivity index (χ3n) is 7.21. The maximum Gasteiger partial charge on any atom is 0.355 e. The van der Waals surface area contributed by atoms with Crippen LogP contribution in [0.15, 0.2) is 60.7 Å². The number of carboxylic acids is 1. The topological polar surface area (TPSA) is 124 Å². The number of anilines is 4. The van der Waals surface area contributed by atoms with Gasteiger partial charge in [0.1, 0.15) is 0 Å². The number of aromatic nitrogens is 4. The first-order chi connectivity index (χ1) is 20.4. The summed E-state index contributed by atoms with van der Waals surface area (Å²) in [6.45, 7) is 3.22. The highest BCUT2D eigenvalue weighted by molar-refractivity contribution is 7.81. The molecule has 0 bridgehead atoms. The molecule has 1 aliphatic rings. The Balaban J connectivity index is 1.15. The van der Waals surface area contributed by atoms with E-state index in [2.05, 4.69) is 25.5 Å². The van der Waals surface area contributed by atoms with Gasteiger partial charge in [0.05, 0.1) is 27.0 Å². The van der Waals surface area contributed by atoms with Crippen molar-refractivity contribution in [3.05, 3.63) is 82.4 Å². The number of nitrogens with one attached hydrogen (secondary N) is 1. The molecule has 216 valence electrons. The van der Waals surface area contributed by atoms with Crippen LogP contribution < -0.4 is 10.2 Å². The lowest BCUT2D eigenvalue weighted by Crippen LogP contribution is -2.35. The summed E-state index contributed by atoms with van der Waals surface area (Å²) < 4.78 is 16.0. The van der Waals surface area contributed by atoms with E-state index in [-0.39, 0.29) is 11.6 Å². The number of fused-ring (bicyclic) bond motifs is 1. The van der Waals surface area contributed by atoms with Crippen molar-refractivity contribution in [2.75, 3.05) is 30.4 Å². The monoisotopic (exact) mass is 619 g/mol. The molecule has 1 aliphatic heterocycles. The van der Waals surface area contributed by atoms with Gasteiger partial charge in [-0.1, -0.05) is 53.8 Å². The second kappa shape index (κ2) is 12.2. The van der Waals surface area contributed by atoms with E-state index in [4.69, 9.17) is 0 Å². The summed E-state index contributed by atoms with van der Waals surface area (Å²) in [5.41, 5.74) is 2.91. The molecule has 0 aliphatic carbocycles. The lowest BCUT2D eigenvalue weighted by Gasteiger charge is -2.30. The fourth-order valence-corrected chi connectivity index (χ4v) is 8.25. The first kappa shape index (κ1) is 28.3. The number of para-hydroxylation sites is 1. The van der Waals surface area contributed by atoms with Crippen molar-refractivity contribution in [1.82, 2.24) is 24.5 Å². The summed E-state index contributed by atoms with van der Waals surface area (Å²) in [5.74, 6) is 0.637. The molecule has 3 aromatic heterocycles. The molecule has 42 heavy (non-hydrogen) atoms. The molecule has 0 spiro atoms. The second-order valence-corrected chi connectivity index (χ2v) is 13.6. The molecule has 1 unspecified atom stereocenters. The number of hydrogen-bond donors (Lipinski definition) is 2. The Bertz CT molecular complexity index is 1720. The molecule has 0 amide bonds. The Labute approximate surface area is 253 Å². The molecule has 1 fully saturated rings. The number of carboxylic acid groups (broad SMARTS) is 1. The number of thiazole rings is 2. The van der Waals surface area contributed by atoms with Crippen molar-refractivity contribution in [2.24, 2.45) is 0 Å². The molecule has 2 aromatic carbocycles. The number of aromatic carboxylic acids is 1. The average Bonchev–Trinajstić information content (AvgIpc) is 3.63. The Kier molecular flexibility index (Phi) is 8.24. The SMILES string of the molecule is Cc1cc(N(C)c2nc(C(=O)O)c(C3CCN(S(=O)Cc4ccccc4)CC3)s2)nnc1Nc1nc2ccccc2s1. The van der Waals surface area contributed by atoms with E-state index >= 15 is 0 Å². The van der Waals surface area contributed by atoms with Crippen molar-refractivity contribution in [3.8, 4) is 0 Å². The number of rotatable bonds is 9. The summed E-state index contributed by atoms with van der Waals surface area (Å²) >= 11 is 2.92. The number of nitrogens with zero attached hydrogens (tertiary/aromatic N) is 6. The van der Waals surface area contributed by atoms with E-state index < -0.39 is 17.0 Å². The Hall–Kier alpha value is -3.78. The molecule has 0 saturated carbocycles. The van der Waals surface area contributed by atoms with E-state index in [1.54, 1.807) is 16.2 Å². The van der Waals surface area contributed by atoms with Crippen molar-refractivity contribution in [1.29, 1.82) is 0 Å². The largest absolute Gasteiger partial charge is 0.476 e. The summed E-state index contributed by atoms with van der Waals surface area (Å²) in [7, 11) is 0.694. The molecule has 1 atom stereocenters. The maximum absolute atomic E-state index is 12.9. The van der Waals surface area contributed by atoms with Gasteiger partial charge in [0, 0.05) is 25.0 Å². The fraction of sp³-hybridized carbons (Fsp3) is 0.276. The molecule has 13 heteroatoms. The van der Waals surface area contributed by atoms with Crippen molar-refractivity contribution < 1.29 is 14.1 Å². The number of aryl methyl sites for hydroxylation is 1. The van der Waals surface area contributed by atoms with E-state index in [1.165, 1.54) is 11.3 Å². The van der Waals surface area contributed by atoms with Crippen LogP contribution in [0, 0.1) is 6.92 Å². The molecular weight excluding hydrogens is 591 g/mol. The van der Waals surface area contributed by atoms with Gasteiger partial charge in [-0.3, -0.25) is 0 Å². The van der Waals surface area contributed by atoms with Crippen LogP contribution in [0.1, 0.15) is 45.3 Å².